The monoisotopic (exact) mass is 232 g/mol. The van der Waals surface area contributed by atoms with Gasteiger partial charge in [0.2, 0.25) is 0 Å². The van der Waals surface area contributed by atoms with Gasteiger partial charge >= 0.3 is 6.36 Å². The fourth-order valence-corrected chi connectivity index (χ4v) is 2.86. The van der Waals surface area contributed by atoms with Gasteiger partial charge in [-0.05, 0) is 12.8 Å². The van der Waals surface area contributed by atoms with E-state index in [0.29, 0.717) is 12.8 Å². The molecule has 1 fully saturated rings. The molecule has 0 aliphatic heterocycles. The van der Waals surface area contributed by atoms with Gasteiger partial charge in [0, 0.05) is 0 Å². The van der Waals surface area contributed by atoms with E-state index in [0.717, 1.165) is 6.42 Å². The van der Waals surface area contributed by atoms with Crippen molar-refractivity contribution < 1.29 is 25.8 Å². The minimum absolute atomic E-state index is 0.262. The van der Waals surface area contributed by atoms with Crippen LogP contribution in [0.5, 0.6) is 0 Å². The molecule has 7 heteroatoms. The molecule has 0 aromatic carbocycles. The molecule has 0 heterocycles. The SMILES string of the molecule is O=S(=O)(OC(F)(F)F)C1CCCCC1. The highest BCUT2D eigenvalue weighted by molar-refractivity contribution is 7.87. The highest BCUT2D eigenvalue weighted by Gasteiger charge is 2.41. The van der Waals surface area contributed by atoms with E-state index in [2.05, 4.69) is 4.18 Å². The number of hydrogen-bond donors (Lipinski definition) is 0. The van der Waals surface area contributed by atoms with Crippen LogP contribution >= 0.6 is 0 Å². The van der Waals surface area contributed by atoms with Gasteiger partial charge in [-0.2, -0.15) is 12.6 Å². The molecule has 0 atom stereocenters. The third-order valence-corrected chi connectivity index (χ3v) is 3.88. The molecule has 1 aliphatic rings. The Bertz CT molecular complexity index is 277. The molecule has 0 radical (unpaired) electrons. The van der Waals surface area contributed by atoms with Crippen molar-refractivity contribution in [1.29, 1.82) is 0 Å². The minimum Gasteiger partial charge on any atom is -0.199 e. The summed E-state index contributed by atoms with van der Waals surface area (Å²) in [5.41, 5.74) is 0. The molecule has 3 nitrogen and oxygen atoms in total. The molecule has 0 amide bonds. The molecule has 0 spiro atoms. The largest absolute Gasteiger partial charge is 0.537 e. The lowest BCUT2D eigenvalue weighted by atomic mass is 10.0. The van der Waals surface area contributed by atoms with Crippen LogP contribution in [0.25, 0.3) is 0 Å². The molecule has 84 valence electrons. The summed E-state index contributed by atoms with van der Waals surface area (Å²) in [6.07, 6.45) is -2.42. The maximum absolute atomic E-state index is 11.7. The molecule has 0 unspecified atom stereocenters. The summed E-state index contributed by atoms with van der Waals surface area (Å²) in [6.45, 7) is 0. The summed E-state index contributed by atoms with van der Waals surface area (Å²) < 4.78 is 60.4. The topological polar surface area (TPSA) is 43.4 Å². The molecule has 0 aromatic rings. The number of rotatable bonds is 2. The second kappa shape index (κ2) is 4.06. The summed E-state index contributed by atoms with van der Waals surface area (Å²) in [7, 11) is -4.47. The van der Waals surface area contributed by atoms with Crippen LogP contribution in [0.4, 0.5) is 13.2 Å². The maximum Gasteiger partial charge on any atom is 0.537 e. The standard InChI is InChI=1S/C7H11F3O3S/c8-7(9,10)13-14(11,12)6-4-2-1-3-5-6/h6H,1-5H2. The molecule has 1 rings (SSSR count). The van der Waals surface area contributed by atoms with Gasteiger partial charge in [0.05, 0.1) is 5.25 Å². The average molecular weight is 232 g/mol. The van der Waals surface area contributed by atoms with Crippen LogP contribution in [-0.2, 0) is 14.3 Å². The Morgan fingerprint density at radius 3 is 2.00 bits per heavy atom. The van der Waals surface area contributed by atoms with Crippen LogP contribution in [0.15, 0.2) is 0 Å². The van der Waals surface area contributed by atoms with E-state index >= 15 is 0 Å². The van der Waals surface area contributed by atoms with Crippen LogP contribution in [0.1, 0.15) is 32.1 Å². The molecule has 0 aromatic heterocycles. The van der Waals surface area contributed by atoms with Crippen LogP contribution in [0.3, 0.4) is 0 Å². The lowest BCUT2D eigenvalue weighted by molar-refractivity contribution is -0.272. The maximum atomic E-state index is 11.7. The Morgan fingerprint density at radius 1 is 1.07 bits per heavy atom. The van der Waals surface area contributed by atoms with E-state index in [-0.39, 0.29) is 12.8 Å². The van der Waals surface area contributed by atoms with Gasteiger partial charge < -0.3 is 0 Å². The predicted octanol–water partition coefficient (Wildman–Crippen LogP) is 2.19. The zero-order chi connectivity index (χ0) is 10.8. The smallest absolute Gasteiger partial charge is 0.199 e. The van der Waals surface area contributed by atoms with E-state index in [4.69, 9.17) is 0 Å². The first-order valence-electron chi connectivity index (χ1n) is 4.32. The molecule has 0 N–H and O–H groups in total. The Balaban J connectivity index is 2.64. The third-order valence-electron chi connectivity index (χ3n) is 2.17. The predicted molar refractivity (Wildman–Crippen MR) is 42.9 cm³/mol. The molecule has 14 heavy (non-hydrogen) atoms. The Morgan fingerprint density at radius 2 is 1.57 bits per heavy atom. The van der Waals surface area contributed by atoms with Gasteiger partial charge in [0.1, 0.15) is 0 Å². The zero-order valence-electron chi connectivity index (χ0n) is 7.38. The summed E-state index contributed by atoms with van der Waals surface area (Å²) in [4.78, 5) is 0. The third kappa shape index (κ3) is 3.45. The minimum atomic E-state index is -5.10. The van der Waals surface area contributed by atoms with Crippen LogP contribution in [-0.4, -0.2) is 20.0 Å². The zero-order valence-corrected chi connectivity index (χ0v) is 8.20. The average Bonchev–Trinajstić information content (AvgIpc) is 2.01. The molecular weight excluding hydrogens is 221 g/mol. The van der Waals surface area contributed by atoms with Crippen molar-refractivity contribution in [3.63, 3.8) is 0 Å². The molecular formula is C7H11F3O3S. The summed E-state index contributed by atoms with van der Waals surface area (Å²) in [6, 6.07) is 0. The van der Waals surface area contributed by atoms with Gasteiger partial charge in [-0.1, -0.05) is 19.3 Å². The van der Waals surface area contributed by atoms with Crippen molar-refractivity contribution in [2.45, 2.75) is 43.7 Å². The number of halogens is 3. The van der Waals surface area contributed by atoms with E-state index in [1.165, 1.54) is 0 Å². The lowest BCUT2D eigenvalue weighted by Crippen LogP contribution is -2.30. The summed E-state index contributed by atoms with van der Waals surface area (Å²) in [5, 5.41) is -0.988. The van der Waals surface area contributed by atoms with E-state index in [1.807, 2.05) is 0 Å². The summed E-state index contributed by atoms with van der Waals surface area (Å²) in [5.74, 6) is 0. The van der Waals surface area contributed by atoms with Gasteiger partial charge in [-0.15, -0.1) is 13.2 Å². The van der Waals surface area contributed by atoms with E-state index in [9.17, 15) is 21.6 Å². The second-order valence-electron chi connectivity index (χ2n) is 3.28. The first-order chi connectivity index (χ1) is 6.31. The second-order valence-corrected chi connectivity index (χ2v) is 5.10. The molecule has 0 bridgehead atoms. The van der Waals surface area contributed by atoms with Gasteiger partial charge in [0.15, 0.2) is 0 Å². The van der Waals surface area contributed by atoms with Crippen molar-refractivity contribution in [2.75, 3.05) is 0 Å². The lowest BCUT2D eigenvalue weighted by Gasteiger charge is -2.21. The summed E-state index contributed by atoms with van der Waals surface area (Å²) >= 11 is 0. The normalized spacial score (nSPS) is 21.1. The van der Waals surface area contributed by atoms with Crippen LogP contribution in [0, 0.1) is 0 Å². The van der Waals surface area contributed by atoms with Crippen LogP contribution < -0.4 is 0 Å². The van der Waals surface area contributed by atoms with Crippen molar-refractivity contribution >= 4 is 10.1 Å². The van der Waals surface area contributed by atoms with Gasteiger partial charge in [-0.3, -0.25) is 0 Å². The van der Waals surface area contributed by atoms with Crippen molar-refractivity contribution in [3.8, 4) is 0 Å². The van der Waals surface area contributed by atoms with Crippen molar-refractivity contribution in [3.05, 3.63) is 0 Å². The first kappa shape index (κ1) is 11.8. The first-order valence-corrected chi connectivity index (χ1v) is 5.79. The van der Waals surface area contributed by atoms with Crippen LogP contribution in [0.2, 0.25) is 0 Å². The Kier molecular flexibility index (Phi) is 3.41. The van der Waals surface area contributed by atoms with Crippen molar-refractivity contribution in [2.24, 2.45) is 0 Å². The molecule has 0 saturated heterocycles. The van der Waals surface area contributed by atoms with Gasteiger partial charge in [-0.25, -0.2) is 0 Å². The molecule has 1 saturated carbocycles. The molecule has 1 aliphatic carbocycles. The Hall–Kier alpha value is -0.300. The Labute approximate surface area is 80.4 Å². The fourth-order valence-electron chi connectivity index (χ4n) is 1.55. The van der Waals surface area contributed by atoms with Crippen molar-refractivity contribution in [1.82, 2.24) is 0 Å². The highest BCUT2D eigenvalue weighted by atomic mass is 32.2. The van der Waals surface area contributed by atoms with Gasteiger partial charge in [0.25, 0.3) is 10.1 Å². The number of alkyl halides is 3. The fraction of sp³-hybridized carbons (Fsp3) is 1.00. The number of hydrogen-bond acceptors (Lipinski definition) is 3. The van der Waals surface area contributed by atoms with E-state index < -0.39 is 21.7 Å². The van der Waals surface area contributed by atoms with E-state index in [1.54, 1.807) is 0 Å². The highest BCUT2D eigenvalue weighted by Crippen LogP contribution is 2.29. The quantitative estimate of drug-likeness (QED) is 0.685.